The van der Waals surface area contributed by atoms with E-state index in [2.05, 4.69) is 13.8 Å². The highest BCUT2D eigenvalue weighted by Crippen LogP contribution is 2.26. The summed E-state index contributed by atoms with van der Waals surface area (Å²) in [4.78, 5) is 13.9. The Morgan fingerprint density at radius 3 is 2.53 bits per heavy atom. The molecule has 0 aromatic rings. The molecule has 0 radical (unpaired) electrons. The summed E-state index contributed by atoms with van der Waals surface area (Å²) in [6.45, 7) is 5.05. The minimum atomic E-state index is 0.179. The van der Waals surface area contributed by atoms with Gasteiger partial charge in [0.1, 0.15) is 0 Å². The van der Waals surface area contributed by atoms with Crippen molar-refractivity contribution < 1.29 is 9.90 Å². The van der Waals surface area contributed by atoms with Gasteiger partial charge in [-0.2, -0.15) is 0 Å². The van der Waals surface area contributed by atoms with Crippen LogP contribution in [0.1, 0.15) is 46.0 Å². The molecular formula is C12H23NO2. The van der Waals surface area contributed by atoms with Crippen LogP contribution in [0.3, 0.4) is 0 Å². The molecule has 1 N–H and O–H groups in total. The molecule has 0 saturated heterocycles. The SMILES string of the molecule is CC(C)CC(=O)N(CCCO)C1CCC1. The zero-order chi connectivity index (χ0) is 11.3. The van der Waals surface area contributed by atoms with Crippen molar-refractivity contribution in [2.24, 2.45) is 5.92 Å². The predicted molar refractivity (Wildman–Crippen MR) is 60.5 cm³/mol. The first-order valence-corrected chi connectivity index (χ1v) is 6.05. The number of aliphatic hydroxyl groups is 1. The maximum Gasteiger partial charge on any atom is 0.223 e. The molecule has 0 aromatic heterocycles. The Labute approximate surface area is 92.5 Å². The monoisotopic (exact) mass is 213 g/mol. The standard InChI is InChI=1S/C12H23NO2/c1-10(2)9-12(15)13(7-4-8-14)11-5-3-6-11/h10-11,14H,3-9H2,1-2H3. The molecule has 0 aromatic carbocycles. The van der Waals surface area contributed by atoms with E-state index in [-0.39, 0.29) is 12.5 Å². The molecule has 0 aliphatic heterocycles. The number of carbonyl (C=O) groups is 1. The molecule has 15 heavy (non-hydrogen) atoms. The molecule has 1 aliphatic rings. The first kappa shape index (κ1) is 12.5. The highest BCUT2D eigenvalue weighted by Gasteiger charge is 2.28. The second kappa shape index (κ2) is 6.11. The lowest BCUT2D eigenvalue weighted by Crippen LogP contribution is -2.45. The molecule has 0 bridgehead atoms. The fraction of sp³-hybridized carbons (Fsp3) is 0.917. The molecule has 0 atom stereocenters. The van der Waals surface area contributed by atoms with Gasteiger partial charge >= 0.3 is 0 Å². The fourth-order valence-electron chi connectivity index (χ4n) is 1.92. The Kier molecular flexibility index (Phi) is 5.09. The highest BCUT2D eigenvalue weighted by molar-refractivity contribution is 5.76. The van der Waals surface area contributed by atoms with Crippen LogP contribution >= 0.6 is 0 Å². The molecule has 1 rings (SSSR count). The molecule has 1 fully saturated rings. The normalized spacial score (nSPS) is 16.5. The predicted octanol–water partition coefficient (Wildman–Crippen LogP) is 1.80. The van der Waals surface area contributed by atoms with Gasteiger partial charge in [0.2, 0.25) is 5.91 Å². The van der Waals surface area contributed by atoms with Gasteiger partial charge in [0.15, 0.2) is 0 Å². The molecule has 1 aliphatic carbocycles. The van der Waals surface area contributed by atoms with E-state index >= 15 is 0 Å². The van der Waals surface area contributed by atoms with Gasteiger partial charge in [-0.25, -0.2) is 0 Å². The Balaban J connectivity index is 2.42. The molecular weight excluding hydrogens is 190 g/mol. The number of hydrogen-bond acceptors (Lipinski definition) is 2. The largest absolute Gasteiger partial charge is 0.396 e. The maximum atomic E-state index is 11.9. The fourth-order valence-corrected chi connectivity index (χ4v) is 1.92. The first-order valence-electron chi connectivity index (χ1n) is 6.05. The topological polar surface area (TPSA) is 40.5 Å². The zero-order valence-electron chi connectivity index (χ0n) is 9.91. The average Bonchev–Trinajstić information content (AvgIpc) is 2.07. The van der Waals surface area contributed by atoms with Crippen LogP contribution < -0.4 is 0 Å². The quantitative estimate of drug-likeness (QED) is 0.731. The van der Waals surface area contributed by atoms with Crippen LogP contribution in [0.5, 0.6) is 0 Å². The van der Waals surface area contributed by atoms with Gasteiger partial charge in [-0.15, -0.1) is 0 Å². The summed E-state index contributed by atoms with van der Waals surface area (Å²) in [5.74, 6) is 0.692. The van der Waals surface area contributed by atoms with Crippen molar-refractivity contribution >= 4 is 5.91 Å². The summed E-state index contributed by atoms with van der Waals surface area (Å²) >= 11 is 0. The summed E-state index contributed by atoms with van der Waals surface area (Å²) in [6.07, 6.45) is 4.89. The summed E-state index contributed by atoms with van der Waals surface area (Å²) in [5, 5.41) is 8.81. The number of carbonyl (C=O) groups excluding carboxylic acids is 1. The van der Waals surface area contributed by atoms with Crippen LogP contribution in [0.4, 0.5) is 0 Å². The molecule has 88 valence electrons. The van der Waals surface area contributed by atoms with Crippen LogP contribution in [0.25, 0.3) is 0 Å². The second-order valence-electron chi connectivity index (χ2n) is 4.85. The van der Waals surface area contributed by atoms with E-state index in [1.54, 1.807) is 0 Å². The van der Waals surface area contributed by atoms with Crippen LogP contribution in [0, 0.1) is 5.92 Å². The van der Waals surface area contributed by atoms with Crippen LogP contribution in [0.2, 0.25) is 0 Å². The van der Waals surface area contributed by atoms with Crippen molar-refractivity contribution in [3.05, 3.63) is 0 Å². The lowest BCUT2D eigenvalue weighted by Gasteiger charge is -2.38. The zero-order valence-corrected chi connectivity index (χ0v) is 9.91. The van der Waals surface area contributed by atoms with Crippen molar-refractivity contribution in [3.8, 4) is 0 Å². The molecule has 1 saturated carbocycles. The lowest BCUT2D eigenvalue weighted by molar-refractivity contribution is -0.136. The molecule has 1 amide bonds. The maximum absolute atomic E-state index is 11.9. The van der Waals surface area contributed by atoms with Gasteiger partial charge in [-0.1, -0.05) is 13.8 Å². The first-order chi connectivity index (χ1) is 7.15. The van der Waals surface area contributed by atoms with E-state index in [9.17, 15) is 4.79 Å². The molecule has 0 spiro atoms. The highest BCUT2D eigenvalue weighted by atomic mass is 16.3. The van der Waals surface area contributed by atoms with Crippen molar-refractivity contribution in [1.29, 1.82) is 0 Å². The van der Waals surface area contributed by atoms with Crippen molar-refractivity contribution in [2.75, 3.05) is 13.2 Å². The van der Waals surface area contributed by atoms with Gasteiger partial charge in [0.05, 0.1) is 0 Å². The van der Waals surface area contributed by atoms with Gasteiger partial charge in [0, 0.05) is 25.6 Å². The van der Waals surface area contributed by atoms with E-state index in [0.29, 0.717) is 24.8 Å². The Morgan fingerprint density at radius 1 is 1.47 bits per heavy atom. The van der Waals surface area contributed by atoms with E-state index in [1.807, 2.05) is 4.90 Å². The van der Waals surface area contributed by atoms with E-state index < -0.39 is 0 Å². The molecule has 0 unspecified atom stereocenters. The van der Waals surface area contributed by atoms with Crippen molar-refractivity contribution in [2.45, 2.75) is 52.0 Å². The van der Waals surface area contributed by atoms with E-state index in [4.69, 9.17) is 5.11 Å². The second-order valence-corrected chi connectivity index (χ2v) is 4.85. The summed E-state index contributed by atoms with van der Waals surface area (Å²) in [5.41, 5.74) is 0. The van der Waals surface area contributed by atoms with Crippen LogP contribution in [-0.2, 0) is 4.79 Å². The van der Waals surface area contributed by atoms with Crippen LogP contribution in [0.15, 0.2) is 0 Å². The molecule has 0 heterocycles. The molecule has 3 nitrogen and oxygen atoms in total. The number of rotatable bonds is 6. The Bertz CT molecular complexity index is 200. The summed E-state index contributed by atoms with van der Waals surface area (Å²) in [6, 6.07) is 0.461. The van der Waals surface area contributed by atoms with Gasteiger partial charge in [-0.3, -0.25) is 4.79 Å². The summed E-state index contributed by atoms with van der Waals surface area (Å²) in [7, 11) is 0. The van der Waals surface area contributed by atoms with E-state index in [0.717, 1.165) is 19.4 Å². The minimum absolute atomic E-state index is 0.179. The Morgan fingerprint density at radius 2 is 2.13 bits per heavy atom. The van der Waals surface area contributed by atoms with Gasteiger partial charge in [0.25, 0.3) is 0 Å². The number of amides is 1. The van der Waals surface area contributed by atoms with Crippen molar-refractivity contribution in [3.63, 3.8) is 0 Å². The third-order valence-electron chi connectivity index (χ3n) is 2.98. The number of nitrogens with zero attached hydrogens (tertiary/aromatic N) is 1. The smallest absolute Gasteiger partial charge is 0.223 e. The van der Waals surface area contributed by atoms with E-state index in [1.165, 1.54) is 6.42 Å². The Hall–Kier alpha value is -0.570. The number of aliphatic hydroxyl groups excluding tert-OH is 1. The third kappa shape index (κ3) is 3.82. The van der Waals surface area contributed by atoms with Crippen LogP contribution in [-0.4, -0.2) is 35.1 Å². The minimum Gasteiger partial charge on any atom is -0.396 e. The number of hydrogen-bond donors (Lipinski definition) is 1. The summed E-state index contributed by atoms with van der Waals surface area (Å²) < 4.78 is 0. The van der Waals surface area contributed by atoms with Gasteiger partial charge in [-0.05, 0) is 31.6 Å². The van der Waals surface area contributed by atoms with Crippen molar-refractivity contribution in [1.82, 2.24) is 4.90 Å². The van der Waals surface area contributed by atoms with Gasteiger partial charge < -0.3 is 10.0 Å². The third-order valence-corrected chi connectivity index (χ3v) is 2.98. The lowest BCUT2D eigenvalue weighted by atomic mass is 9.90. The average molecular weight is 213 g/mol. The molecule has 3 heteroatoms.